The SMILES string of the molecule is CC(Nc1ccc(OC2CCCC2)cc1)C(=O)N1CCCC1. The lowest BCUT2D eigenvalue weighted by Crippen LogP contribution is -2.39. The van der Waals surface area contributed by atoms with Crippen LogP contribution in [-0.2, 0) is 4.79 Å². The van der Waals surface area contributed by atoms with Crippen molar-refractivity contribution < 1.29 is 9.53 Å². The molecule has 0 bridgehead atoms. The van der Waals surface area contributed by atoms with Crippen LogP contribution in [0.25, 0.3) is 0 Å². The highest BCUT2D eigenvalue weighted by Gasteiger charge is 2.23. The van der Waals surface area contributed by atoms with Gasteiger partial charge in [0.15, 0.2) is 0 Å². The molecule has 4 heteroatoms. The van der Waals surface area contributed by atoms with E-state index in [-0.39, 0.29) is 11.9 Å². The molecule has 1 aromatic rings. The topological polar surface area (TPSA) is 41.6 Å². The van der Waals surface area contributed by atoms with Gasteiger partial charge in [-0.05, 0) is 69.7 Å². The third-order valence-electron chi connectivity index (χ3n) is 4.63. The maximum Gasteiger partial charge on any atom is 0.244 e. The second kappa shape index (κ2) is 7.03. The number of rotatable bonds is 5. The molecule has 2 fully saturated rings. The number of nitrogens with zero attached hydrogens (tertiary/aromatic N) is 1. The fourth-order valence-electron chi connectivity index (χ4n) is 3.35. The predicted octanol–water partition coefficient (Wildman–Crippen LogP) is 3.43. The van der Waals surface area contributed by atoms with Gasteiger partial charge in [-0.25, -0.2) is 0 Å². The number of hydrogen-bond acceptors (Lipinski definition) is 3. The molecule has 1 saturated carbocycles. The van der Waals surface area contributed by atoms with Crippen molar-refractivity contribution in [1.82, 2.24) is 4.90 Å². The van der Waals surface area contributed by atoms with Crippen LogP contribution in [0.1, 0.15) is 45.4 Å². The van der Waals surface area contributed by atoms with Gasteiger partial charge < -0.3 is 15.0 Å². The zero-order chi connectivity index (χ0) is 15.4. The van der Waals surface area contributed by atoms with Crippen molar-refractivity contribution in [3.63, 3.8) is 0 Å². The molecule has 1 unspecified atom stereocenters. The third-order valence-corrected chi connectivity index (χ3v) is 4.63. The van der Waals surface area contributed by atoms with Crippen molar-refractivity contribution in [3.8, 4) is 5.75 Å². The van der Waals surface area contributed by atoms with Crippen LogP contribution in [0.2, 0.25) is 0 Å². The van der Waals surface area contributed by atoms with Crippen molar-refractivity contribution in [3.05, 3.63) is 24.3 Å². The smallest absolute Gasteiger partial charge is 0.244 e. The first kappa shape index (κ1) is 15.2. The number of benzene rings is 1. The molecule has 0 aromatic heterocycles. The minimum atomic E-state index is -0.181. The Morgan fingerprint density at radius 1 is 1.14 bits per heavy atom. The van der Waals surface area contributed by atoms with Gasteiger partial charge in [-0.1, -0.05) is 0 Å². The molecule has 1 heterocycles. The summed E-state index contributed by atoms with van der Waals surface area (Å²) in [7, 11) is 0. The molecule has 2 aliphatic rings. The molecule has 1 aromatic carbocycles. The minimum Gasteiger partial charge on any atom is -0.490 e. The van der Waals surface area contributed by atoms with Crippen molar-refractivity contribution in [1.29, 1.82) is 0 Å². The van der Waals surface area contributed by atoms with Gasteiger partial charge in [-0.2, -0.15) is 0 Å². The molecule has 3 rings (SSSR count). The van der Waals surface area contributed by atoms with Gasteiger partial charge in [-0.15, -0.1) is 0 Å². The van der Waals surface area contributed by atoms with E-state index in [0.717, 1.165) is 37.4 Å². The van der Waals surface area contributed by atoms with Gasteiger partial charge in [-0.3, -0.25) is 4.79 Å². The highest BCUT2D eigenvalue weighted by molar-refractivity contribution is 5.84. The normalized spacial score (nSPS) is 20.1. The fraction of sp³-hybridized carbons (Fsp3) is 0.611. The summed E-state index contributed by atoms with van der Waals surface area (Å²) in [5.74, 6) is 1.12. The van der Waals surface area contributed by atoms with Gasteiger partial charge in [0.1, 0.15) is 11.8 Å². The van der Waals surface area contributed by atoms with Crippen molar-refractivity contribution in [2.24, 2.45) is 0 Å². The maximum absolute atomic E-state index is 12.3. The van der Waals surface area contributed by atoms with Crippen LogP contribution in [0.15, 0.2) is 24.3 Å². The number of likely N-dealkylation sites (tertiary alicyclic amines) is 1. The molecule has 22 heavy (non-hydrogen) atoms. The van der Waals surface area contributed by atoms with Crippen LogP contribution in [0.4, 0.5) is 5.69 Å². The Morgan fingerprint density at radius 2 is 1.77 bits per heavy atom. The van der Waals surface area contributed by atoms with Crippen molar-refractivity contribution in [2.75, 3.05) is 18.4 Å². The highest BCUT2D eigenvalue weighted by Crippen LogP contribution is 2.25. The summed E-state index contributed by atoms with van der Waals surface area (Å²) in [6.45, 7) is 3.74. The molecule has 4 nitrogen and oxygen atoms in total. The van der Waals surface area contributed by atoms with E-state index in [2.05, 4.69) is 5.32 Å². The number of nitrogens with one attached hydrogen (secondary N) is 1. The molecule has 120 valence electrons. The predicted molar refractivity (Wildman–Crippen MR) is 88.2 cm³/mol. The summed E-state index contributed by atoms with van der Waals surface area (Å²) in [5.41, 5.74) is 0.971. The first-order valence-electron chi connectivity index (χ1n) is 8.54. The first-order chi connectivity index (χ1) is 10.7. The van der Waals surface area contributed by atoms with E-state index in [4.69, 9.17) is 4.74 Å². The van der Waals surface area contributed by atoms with E-state index in [0.29, 0.717) is 6.10 Å². The third kappa shape index (κ3) is 3.73. The quantitative estimate of drug-likeness (QED) is 0.906. The molecule has 0 spiro atoms. The molecular weight excluding hydrogens is 276 g/mol. The Balaban J connectivity index is 1.52. The average Bonchev–Trinajstić information content (AvgIpc) is 3.21. The lowest BCUT2D eigenvalue weighted by molar-refractivity contribution is -0.130. The fourth-order valence-corrected chi connectivity index (χ4v) is 3.35. The standard InChI is InChI=1S/C18H26N2O2/c1-14(18(21)20-12-4-5-13-20)19-15-8-10-17(11-9-15)22-16-6-2-3-7-16/h8-11,14,16,19H,2-7,12-13H2,1H3. The second-order valence-electron chi connectivity index (χ2n) is 6.45. The van der Waals surface area contributed by atoms with E-state index in [1.165, 1.54) is 25.7 Å². The summed E-state index contributed by atoms with van der Waals surface area (Å²) in [6, 6.07) is 7.80. The van der Waals surface area contributed by atoms with Gasteiger partial charge in [0.05, 0.1) is 6.10 Å². The van der Waals surface area contributed by atoms with Crippen LogP contribution in [0.5, 0.6) is 5.75 Å². The summed E-state index contributed by atoms with van der Waals surface area (Å²) < 4.78 is 5.96. The Labute approximate surface area is 132 Å². The van der Waals surface area contributed by atoms with E-state index in [9.17, 15) is 4.79 Å². The Morgan fingerprint density at radius 3 is 2.41 bits per heavy atom. The summed E-state index contributed by atoms with van der Waals surface area (Å²) in [5, 5.41) is 3.29. The molecule has 1 aliphatic carbocycles. The monoisotopic (exact) mass is 302 g/mol. The van der Waals surface area contributed by atoms with Gasteiger partial charge in [0.25, 0.3) is 0 Å². The van der Waals surface area contributed by atoms with Gasteiger partial charge >= 0.3 is 0 Å². The molecule has 1 amide bonds. The van der Waals surface area contributed by atoms with E-state index in [1.54, 1.807) is 0 Å². The molecule has 0 radical (unpaired) electrons. The van der Waals surface area contributed by atoms with Crippen LogP contribution in [-0.4, -0.2) is 36.0 Å². The Kier molecular flexibility index (Phi) is 4.86. The summed E-state index contributed by atoms with van der Waals surface area (Å²) in [4.78, 5) is 14.2. The van der Waals surface area contributed by atoms with E-state index < -0.39 is 0 Å². The largest absolute Gasteiger partial charge is 0.490 e. The molecule has 1 aliphatic heterocycles. The number of carbonyl (C=O) groups is 1. The Bertz CT molecular complexity index is 488. The van der Waals surface area contributed by atoms with Crippen molar-refractivity contribution >= 4 is 11.6 Å². The van der Waals surface area contributed by atoms with Crippen LogP contribution < -0.4 is 10.1 Å². The van der Waals surface area contributed by atoms with Crippen LogP contribution >= 0.6 is 0 Å². The second-order valence-corrected chi connectivity index (χ2v) is 6.45. The van der Waals surface area contributed by atoms with Gasteiger partial charge in [0, 0.05) is 18.8 Å². The van der Waals surface area contributed by atoms with Gasteiger partial charge in [0.2, 0.25) is 5.91 Å². The molecule has 1 N–H and O–H groups in total. The van der Waals surface area contributed by atoms with E-state index >= 15 is 0 Å². The number of carbonyl (C=O) groups excluding carboxylic acids is 1. The maximum atomic E-state index is 12.3. The highest BCUT2D eigenvalue weighted by atomic mass is 16.5. The lowest BCUT2D eigenvalue weighted by Gasteiger charge is -2.22. The first-order valence-corrected chi connectivity index (χ1v) is 8.54. The number of hydrogen-bond donors (Lipinski definition) is 1. The van der Waals surface area contributed by atoms with Crippen molar-refractivity contribution in [2.45, 2.75) is 57.6 Å². The number of ether oxygens (including phenoxy) is 1. The van der Waals surface area contributed by atoms with Crippen LogP contribution in [0, 0.1) is 0 Å². The zero-order valence-electron chi connectivity index (χ0n) is 13.4. The number of anilines is 1. The molecule has 1 atom stereocenters. The average molecular weight is 302 g/mol. The summed E-state index contributed by atoms with van der Waals surface area (Å²) in [6.07, 6.45) is 7.54. The minimum absolute atomic E-state index is 0.181. The van der Waals surface area contributed by atoms with E-state index in [1.807, 2.05) is 36.1 Å². The number of amides is 1. The lowest BCUT2D eigenvalue weighted by atomic mass is 10.2. The molecule has 1 saturated heterocycles. The zero-order valence-corrected chi connectivity index (χ0v) is 13.4. The Hall–Kier alpha value is -1.71. The summed E-state index contributed by atoms with van der Waals surface area (Å²) >= 11 is 0. The van der Waals surface area contributed by atoms with Crippen LogP contribution in [0.3, 0.4) is 0 Å². The molecular formula is C18H26N2O2.